The zero-order valence-electron chi connectivity index (χ0n) is 26.7. The summed E-state index contributed by atoms with van der Waals surface area (Å²) in [6.45, 7) is 5.17. The number of carbonyl (C=O) groups is 2. The van der Waals surface area contributed by atoms with Crippen LogP contribution in [0.25, 0.3) is 22.5 Å². The van der Waals surface area contributed by atoms with Crippen LogP contribution in [0.3, 0.4) is 0 Å². The fourth-order valence-electron chi connectivity index (χ4n) is 6.16. The van der Waals surface area contributed by atoms with E-state index in [9.17, 15) is 14.7 Å². The third kappa shape index (κ3) is 7.15. The van der Waals surface area contributed by atoms with Gasteiger partial charge < -0.3 is 30.4 Å². The lowest BCUT2D eigenvalue weighted by Crippen LogP contribution is -2.35. The molecule has 3 aromatic heterocycles. The fourth-order valence-corrected chi connectivity index (χ4v) is 6.48. The lowest BCUT2D eigenvalue weighted by atomic mass is 10.0. The van der Waals surface area contributed by atoms with Gasteiger partial charge in [-0.1, -0.05) is 29.8 Å². The van der Waals surface area contributed by atoms with Gasteiger partial charge in [-0.05, 0) is 43.5 Å². The highest BCUT2D eigenvalue weighted by molar-refractivity contribution is 6.35. The zero-order chi connectivity index (χ0) is 33.1. The quantitative estimate of drug-likeness (QED) is 0.189. The van der Waals surface area contributed by atoms with E-state index < -0.39 is 0 Å². The number of pyridine rings is 2. The molecule has 246 valence electrons. The first kappa shape index (κ1) is 32.6. The van der Waals surface area contributed by atoms with Crippen molar-refractivity contribution in [3.8, 4) is 28.4 Å². The second-order valence-corrected chi connectivity index (χ2v) is 12.4. The SMILES string of the molecule is COc1nc(-c2ccnc(-c3cccc(NC(=O)c4ncc(CN5CCC(O)C5)n4C)c3C)c2Cl)ccc1CNCC1CCC(=O)N1. The van der Waals surface area contributed by atoms with Crippen molar-refractivity contribution in [3.63, 3.8) is 0 Å². The zero-order valence-corrected chi connectivity index (χ0v) is 27.5. The summed E-state index contributed by atoms with van der Waals surface area (Å²) in [5.41, 5.74) is 5.89. The molecule has 0 bridgehead atoms. The minimum absolute atomic E-state index is 0.0927. The molecule has 47 heavy (non-hydrogen) atoms. The maximum atomic E-state index is 13.3. The van der Waals surface area contributed by atoms with Crippen molar-refractivity contribution in [1.29, 1.82) is 0 Å². The van der Waals surface area contributed by atoms with E-state index in [1.54, 1.807) is 24.1 Å². The molecule has 5 heterocycles. The number of nitrogens with one attached hydrogen (secondary N) is 3. The van der Waals surface area contributed by atoms with E-state index in [0.29, 0.717) is 72.0 Å². The van der Waals surface area contributed by atoms with Gasteiger partial charge in [0.1, 0.15) is 0 Å². The lowest BCUT2D eigenvalue weighted by molar-refractivity contribution is -0.119. The molecule has 0 aliphatic carbocycles. The number of rotatable bonds is 11. The molecule has 2 aliphatic heterocycles. The number of amides is 2. The number of carbonyl (C=O) groups excluding carboxylic acids is 2. The van der Waals surface area contributed by atoms with Gasteiger partial charge in [-0.15, -0.1) is 0 Å². The van der Waals surface area contributed by atoms with Crippen LogP contribution in [0.4, 0.5) is 5.69 Å². The number of aromatic nitrogens is 4. The molecule has 12 nitrogen and oxygen atoms in total. The maximum Gasteiger partial charge on any atom is 0.291 e. The van der Waals surface area contributed by atoms with Crippen LogP contribution < -0.4 is 20.7 Å². The van der Waals surface area contributed by atoms with Gasteiger partial charge in [0.15, 0.2) is 5.82 Å². The second-order valence-electron chi connectivity index (χ2n) is 12.1. The van der Waals surface area contributed by atoms with Crippen LogP contribution in [0, 0.1) is 6.92 Å². The molecule has 2 fully saturated rings. The van der Waals surface area contributed by atoms with Crippen LogP contribution >= 0.6 is 11.6 Å². The number of likely N-dealkylation sites (tertiary alicyclic amines) is 1. The van der Waals surface area contributed by atoms with Crippen molar-refractivity contribution in [3.05, 3.63) is 76.5 Å². The average molecular weight is 659 g/mol. The molecular weight excluding hydrogens is 620 g/mol. The first-order valence-electron chi connectivity index (χ1n) is 15.7. The van der Waals surface area contributed by atoms with Crippen molar-refractivity contribution in [2.75, 3.05) is 32.1 Å². The molecule has 2 saturated heterocycles. The summed E-state index contributed by atoms with van der Waals surface area (Å²) in [6.07, 6.45) is 5.24. The van der Waals surface area contributed by atoms with Crippen LogP contribution in [0.1, 0.15) is 46.7 Å². The Balaban J connectivity index is 1.18. The molecule has 4 N–H and O–H groups in total. The summed E-state index contributed by atoms with van der Waals surface area (Å²) in [5, 5.41) is 19.6. The smallest absolute Gasteiger partial charge is 0.291 e. The van der Waals surface area contributed by atoms with Crippen LogP contribution in [-0.4, -0.2) is 80.2 Å². The van der Waals surface area contributed by atoms with E-state index >= 15 is 0 Å². The summed E-state index contributed by atoms with van der Waals surface area (Å²) in [6, 6.07) is 11.4. The minimum atomic E-state index is -0.327. The van der Waals surface area contributed by atoms with E-state index in [1.807, 2.05) is 50.4 Å². The van der Waals surface area contributed by atoms with Gasteiger partial charge in [0.05, 0.1) is 41.5 Å². The fraction of sp³-hybridized carbons (Fsp3) is 0.382. The summed E-state index contributed by atoms with van der Waals surface area (Å²) in [7, 11) is 3.41. The summed E-state index contributed by atoms with van der Waals surface area (Å²) in [5.74, 6) is 0.546. The molecule has 2 unspecified atom stereocenters. The Labute approximate surface area is 278 Å². The molecule has 2 amide bonds. The van der Waals surface area contributed by atoms with Gasteiger partial charge >= 0.3 is 0 Å². The molecule has 6 rings (SSSR count). The number of nitrogens with zero attached hydrogens (tertiary/aromatic N) is 5. The van der Waals surface area contributed by atoms with Gasteiger partial charge in [0.25, 0.3) is 5.91 Å². The maximum absolute atomic E-state index is 13.3. The van der Waals surface area contributed by atoms with Crippen molar-refractivity contribution in [1.82, 2.24) is 35.1 Å². The van der Waals surface area contributed by atoms with Gasteiger partial charge in [-0.3, -0.25) is 19.5 Å². The third-order valence-corrected chi connectivity index (χ3v) is 9.23. The normalized spacial score (nSPS) is 18.0. The first-order chi connectivity index (χ1) is 22.7. The number of hydrogen-bond donors (Lipinski definition) is 4. The highest BCUT2D eigenvalue weighted by Crippen LogP contribution is 2.38. The first-order valence-corrected chi connectivity index (χ1v) is 16.1. The van der Waals surface area contributed by atoms with E-state index in [1.165, 1.54) is 0 Å². The molecule has 4 aromatic rings. The Morgan fingerprint density at radius 3 is 2.77 bits per heavy atom. The Hall–Kier alpha value is -4.36. The number of methoxy groups -OCH3 is 1. The molecule has 1 aromatic carbocycles. The van der Waals surface area contributed by atoms with E-state index in [0.717, 1.165) is 41.8 Å². The summed E-state index contributed by atoms with van der Waals surface area (Å²) >= 11 is 7.00. The predicted octanol–water partition coefficient (Wildman–Crippen LogP) is 3.70. The van der Waals surface area contributed by atoms with Crippen LogP contribution in [0.5, 0.6) is 5.88 Å². The third-order valence-electron chi connectivity index (χ3n) is 8.85. The number of aliphatic hydroxyl groups excluding tert-OH is 1. The van der Waals surface area contributed by atoms with Gasteiger partial charge in [0.2, 0.25) is 11.8 Å². The predicted molar refractivity (Wildman–Crippen MR) is 179 cm³/mol. The van der Waals surface area contributed by atoms with Gasteiger partial charge in [-0.25, -0.2) is 9.97 Å². The number of benzene rings is 1. The molecule has 2 atom stereocenters. The van der Waals surface area contributed by atoms with Crippen LogP contribution in [0.2, 0.25) is 5.02 Å². The van der Waals surface area contributed by atoms with Crippen molar-refractivity contribution < 1.29 is 19.4 Å². The van der Waals surface area contributed by atoms with E-state index in [-0.39, 0.29) is 24.0 Å². The number of aliphatic hydroxyl groups is 1. The summed E-state index contributed by atoms with van der Waals surface area (Å²) in [4.78, 5) is 40.7. The number of hydrogen-bond acceptors (Lipinski definition) is 9. The number of anilines is 1. The Kier molecular flexibility index (Phi) is 9.83. The number of halogens is 1. The number of ether oxygens (including phenoxy) is 1. The van der Waals surface area contributed by atoms with Crippen molar-refractivity contribution in [2.45, 2.75) is 51.4 Å². The largest absolute Gasteiger partial charge is 0.481 e. The molecule has 13 heteroatoms. The lowest BCUT2D eigenvalue weighted by Gasteiger charge is -2.16. The van der Waals surface area contributed by atoms with Crippen molar-refractivity contribution >= 4 is 29.1 Å². The second kappa shape index (κ2) is 14.2. The Morgan fingerprint density at radius 1 is 1.17 bits per heavy atom. The van der Waals surface area contributed by atoms with Gasteiger partial charge in [0, 0.05) is 80.8 Å². The minimum Gasteiger partial charge on any atom is -0.481 e. The van der Waals surface area contributed by atoms with Crippen LogP contribution in [-0.2, 0) is 24.9 Å². The Morgan fingerprint density at radius 2 is 2.02 bits per heavy atom. The monoisotopic (exact) mass is 658 g/mol. The highest BCUT2D eigenvalue weighted by atomic mass is 35.5. The van der Waals surface area contributed by atoms with E-state index in [4.69, 9.17) is 21.3 Å². The molecule has 0 saturated carbocycles. The van der Waals surface area contributed by atoms with Crippen LogP contribution in [0.15, 0.2) is 48.8 Å². The number of β-amino-alcohol motifs (C(OH)–C–C–N with tert-alkyl or cyclic N) is 1. The highest BCUT2D eigenvalue weighted by Gasteiger charge is 2.24. The van der Waals surface area contributed by atoms with Crippen molar-refractivity contribution in [2.24, 2.45) is 7.05 Å². The van der Waals surface area contributed by atoms with Gasteiger partial charge in [-0.2, -0.15) is 0 Å². The number of imidazole rings is 1. The molecule has 0 spiro atoms. The average Bonchev–Trinajstić information content (AvgIpc) is 3.78. The topological polar surface area (TPSA) is 147 Å². The molecule has 0 radical (unpaired) electrons. The molecular formula is C34H39ClN8O4. The molecule has 2 aliphatic rings. The standard InChI is InChI=1S/C34H39ClN8O4/c1-20-25(5-4-6-27(20)40-33(46)32-38-17-23(42(32)2)18-43-14-12-24(44)19-43)31-30(35)26(11-13-37-31)28-9-7-21(34(41-28)47-3)15-36-16-22-8-10-29(45)39-22/h4-7,9,11,13,17,22,24,36,44H,8,10,12,14-16,18-19H2,1-3H3,(H,39,45)(H,40,46). The van der Waals surface area contributed by atoms with E-state index in [2.05, 4.69) is 30.8 Å². The summed E-state index contributed by atoms with van der Waals surface area (Å²) < 4.78 is 7.41. The Bertz CT molecular complexity index is 1790.